The van der Waals surface area contributed by atoms with Crippen molar-refractivity contribution in [1.29, 1.82) is 0 Å². The number of primary amides is 3. The van der Waals surface area contributed by atoms with Crippen LogP contribution in [0.3, 0.4) is 0 Å². The number of amides is 6. The van der Waals surface area contributed by atoms with Gasteiger partial charge in [-0.2, -0.15) is 0 Å². The second-order valence-electron chi connectivity index (χ2n) is 7.07. The molecule has 0 bridgehead atoms. The second kappa shape index (κ2) is 14.0. The number of nitrogens with two attached hydrogens (primary N) is 4. The van der Waals surface area contributed by atoms with Crippen LogP contribution in [0.5, 0.6) is 0 Å². The number of hydrogen-bond donors (Lipinski definition) is 9. The predicted molar refractivity (Wildman–Crippen MR) is 110 cm³/mol. The van der Waals surface area contributed by atoms with Crippen molar-refractivity contribution in [2.45, 2.75) is 56.3 Å². The van der Waals surface area contributed by atoms with E-state index in [-0.39, 0.29) is 0 Å². The molecule has 0 fully saturated rings. The number of carboxylic acid groups (broad SMARTS) is 2. The van der Waals surface area contributed by atoms with Crippen molar-refractivity contribution in [3.8, 4) is 0 Å². The van der Waals surface area contributed by atoms with Crippen LogP contribution in [0, 0.1) is 0 Å². The van der Waals surface area contributed by atoms with Crippen LogP contribution >= 0.6 is 0 Å². The summed E-state index contributed by atoms with van der Waals surface area (Å²) in [5.74, 6) is -9.44. The first kappa shape index (κ1) is 29.7. The van der Waals surface area contributed by atoms with Gasteiger partial charge < -0.3 is 49.1 Å². The highest BCUT2D eigenvalue weighted by Crippen LogP contribution is 2.04. The number of aliphatic carboxylic acids is 2. The van der Waals surface area contributed by atoms with Crippen LogP contribution in [0.1, 0.15) is 32.1 Å². The SMILES string of the molecule is NC(=O)CC(N)C(=O)NC(CC(N)=O)C(=O)NC(CCC(=O)O)C(=O)NC(CC(N)=O)C(=O)O. The molecule has 0 radical (unpaired) electrons. The molecular formula is C17H27N7O10. The molecule has 0 spiro atoms. The Balaban J connectivity index is 5.63. The van der Waals surface area contributed by atoms with Gasteiger partial charge in [-0.3, -0.25) is 33.6 Å². The van der Waals surface area contributed by atoms with Gasteiger partial charge in [-0.15, -0.1) is 0 Å². The zero-order chi connectivity index (χ0) is 26.6. The Morgan fingerprint density at radius 1 is 0.618 bits per heavy atom. The van der Waals surface area contributed by atoms with Crippen LogP contribution in [-0.2, 0) is 38.4 Å². The summed E-state index contributed by atoms with van der Waals surface area (Å²) in [5.41, 5.74) is 20.4. The Labute approximate surface area is 191 Å². The lowest BCUT2D eigenvalue weighted by Crippen LogP contribution is -2.58. The third kappa shape index (κ3) is 11.9. The average molecular weight is 489 g/mol. The topological polar surface area (TPSA) is 317 Å². The largest absolute Gasteiger partial charge is 0.481 e. The predicted octanol–water partition coefficient (Wildman–Crippen LogP) is -5.66. The molecule has 0 aliphatic heterocycles. The standard InChI is InChI=1S/C17H27N7O10/c18-6(3-10(19)25)14(30)23-8(4-11(20)26)16(32)22-7(1-2-13(28)29)15(31)24-9(17(33)34)5-12(21)27/h6-9H,1-5,18H2,(H2,19,25)(H2,20,26)(H2,21,27)(H,22,32)(H,23,30)(H,24,31)(H,28,29)(H,33,34). The van der Waals surface area contributed by atoms with Gasteiger partial charge in [-0.1, -0.05) is 0 Å². The van der Waals surface area contributed by atoms with Gasteiger partial charge in [0, 0.05) is 6.42 Å². The van der Waals surface area contributed by atoms with Crippen molar-refractivity contribution in [2.24, 2.45) is 22.9 Å². The fourth-order valence-corrected chi connectivity index (χ4v) is 2.48. The second-order valence-corrected chi connectivity index (χ2v) is 7.07. The number of hydrogen-bond acceptors (Lipinski definition) is 9. The summed E-state index contributed by atoms with van der Waals surface area (Å²) >= 11 is 0. The molecule has 4 atom stereocenters. The van der Waals surface area contributed by atoms with Gasteiger partial charge in [0.05, 0.1) is 25.3 Å². The molecule has 6 amide bonds. The highest BCUT2D eigenvalue weighted by Gasteiger charge is 2.32. The summed E-state index contributed by atoms with van der Waals surface area (Å²) in [6, 6.07) is -6.60. The molecule has 4 unspecified atom stereocenters. The zero-order valence-corrected chi connectivity index (χ0v) is 17.8. The van der Waals surface area contributed by atoms with Crippen LogP contribution in [0.4, 0.5) is 0 Å². The molecule has 0 aromatic heterocycles. The van der Waals surface area contributed by atoms with Crippen molar-refractivity contribution in [3.05, 3.63) is 0 Å². The van der Waals surface area contributed by atoms with E-state index in [2.05, 4.69) is 10.6 Å². The summed E-state index contributed by atoms with van der Waals surface area (Å²) < 4.78 is 0. The minimum atomic E-state index is -1.78. The number of carboxylic acids is 2. The normalized spacial score (nSPS) is 13.9. The van der Waals surface area contributed by atoms with E-state index < -0.39 is 104 Å². The van der Waals surface area contributed by atoms with Crippen LogP contribution in [0.2, 0.25) is 0 Å². The molecule has 0 aliphatic rings. The Hall–Kier alpha value is -4.28. The number of carbonyl (C=O) groups is 8. The van der Waals surface area contributed by atoms with Crippen LogP contribution in [-0.4, -0.2) is 81.8 Å². The van der Waals surface area contributed by atoms with E-state index in [1.807, 2.05) is 5.32 Å². The molecule has 0 aromatic carbocycles. The third-order valence-electron chi connectivity index (χ3n) is 4.10. The van der Waals surface area contributed by atoms with Gasteiger partial charge in [-0.05, 0) is 6.42 Å². The van der Waals surface area contributed by atoms with Crippen molar-refractivity contribution in [3.63, 3.8) is 0 Å². The summed E-state index contributed by atoms with van der Waals surface area (Å²) in [6.45, 7) is 0. The van der Waals surface area contributed by atoms with Gasteiger partial charge in [-0.25, -0.2) is 4.79 Å². The monoisotopic (exact) mass is 489 g/mol. The van der Waals surface area contributed by atoms with Gasteiger partial charge in [0.15, 0.2) is 0 Å². The first-order valence-corrected chi connectivity index (χ1v) is 9.60. The Morgan fingerprint density at radius 2 is 1.03 bits per heavy atom. The highest BCUT2D eigenvalue weighted by molar-refractivity contribution is 5.97. The average Bonchev–Trinajstić information content (AvgIpc) is 2.68. The van der Waals surface area contributed by atoms with Gasteiger partial charge in [0.1, 0.15) is 18.1 Å². The van der Waals surface area contributed by atoms with Crippen molar-refractivity contribution >= 4 is 47.4 Å². The van der Waals surface area contributed by atoms with Crippen LogP contribution in [0.25, 0.3) is 0 Å². The summed E-state index contributed by atoms with van der Waals surface area (Å²) in [7, 11) is 0. The molecule has 0 aromatic rings. The van der Waals surface area contributed by atoms with E-state index in [4.69, 9.17) is 33.1 Å². The summed E-state index contributed by atoms with van der Waals surface area (Å²) in [4.78, 5) is 92.6. The summed E-state index contributed by atoms with van der Waals surface area (Å²) in [6.07, 6.45) is -3.33. The van der Waals surface area contributed by atoms with Crippen molar-refractivity contribution < 1.29 is 48.6 Å². The van der Waals surface area contributed by atoms with Crippen LogP contribution < -0.4 is 38.9 Å². The molecule has 13 N–H and O–H groups in total. The lowest BCUT2D eigenvalue weighted by atomic mass is 10.1. The van der Waals surface area contributed by atoms with E-state index in [0.717, 1.165) is 0 Å². The first-order valence-electron chi connectivity index (χ1n) is 9.60. The molecular weight excluding hydrogens is 462 g/mol. The van der Waals surface area contributed by atoms with E-state index in [9.17, 15) is 38.4 Å². The molecule has 0 saturated carbocycles. The Kier molecular flexibility index (Phi) is 12.2. The highest BCUT2D eigenvalue weighted by atomic mass is 16.4. The minimum Gasteiger partial charge on any atom is -0.481 e. The first-order chi connectivity index (χ1) is 15.6. The van der Waals surface area contributed by atoms with E-state index in [1.54, 1.807) is 0 Å². The molecule has 0 heterocycles. The van der Waals surface area contributed by atoms with E-state index in [1.165, 1.54) is 0 Å². The van der Waals surface area contributed by atoms with Crippen molar-refractivity contribution in [2.75, 3.05) is 0 Å². The van der Waals surface area contributed by atoms with Gasteiger partial charge in [0.2, 0.25) is 35.4 Å². The minimum absolute atomic E-state index is 0.533. The molecule has 34 heavy (non-hydrogen) atoms. The molecule has 0 rings (SSSR count). The number of rotatable bonds is 16. The van der Waals surface area contributed by atoms with Gasteiger partial charge in [0.25, 0.3) is 0 Å². The molecule has 17 heteroatoms. The lowest BCUT2D eigenvalue weighted by Gasteiger charge is -2.24. The van der Waals surface area contributed by atoms with Crippen molar-refractivity contribution in [1.82, 2.24) is 16.0 Å². The fraction of sp³-hybridized carbons (Fsp3) is 0.529. The smallest absolute Gasteiger partial charge is 0.326 e. The third-order valence-corrected chi connectivity index (χ3v) is 4.10. The zero-order valence-electron chi connectivity index (χ0n) is 17.8. The van der Waals surface area contributed by atoms with E-state index in [0.29, 0.717) is 0 Å². The van der Waals surface area contributed by atoms with Crippen LogP contribution in [0.15, 0.2) is 0 Å². The van der Waals surface area contributed by atoms with Gasteiger partial charge >= 0.3 is 11.9 Å². The number of carbonyl (C=O) groups excluding carboxylic acids is 6. The lowest BCUT2D eigenvalue weighted by molar-refractivity contribution is -0.144. The Bertz CT molecular complexity index is 847. The maximum absolute atomic E-state index is 12.6. The molecule has 190 valence electrons. The number of nitrogens with one attached hydrogen (secondary N) is 3. The van der Waals surface area contributed by atoms with E-state index >= 15 is 0 Å². The maximum atomic E-state index is 12.6. The maximum Gasteiger partial charge on any atom is 0.326 e. The summed E-state index contributed by atoms with van der Waals surface area (Å²) in [5, 5.41) is 24.1. The molecule has 0 saturated heterocycles. The quantitative estimate of drug-likeness (QED) is 0.0983. The Morgan fingerprint density at radius 3 is 1.47 bits per heavy atom. The molecule has 17 nitrogen and oxygen atoms in total. The molecule has 0 aliphatic carbocycles. The fourth-order valence-electron chi connectivity index (χ4n) is 2.48.